The van der Waals surface area contributed by atoms with Gasteiger partial charge in [0.25, 0.3) is 10.2 Å². The molecule has 1 N–H and O–H groups in total. The van der Waals surface area contributed by atoms with E-state index in [0.717, 1.165) is 16.7 Å². The van der Waals surface area contributed by atoms with Crippen molar-refractivity contribution >= 4 is 10.2 Å². The van der Waals surface area contributed by atoms with Crippen LogP contribution in [0.4, 0.5) is 0 Å². The van der Waals surface area contributed by atoms with Gasteiger partial charge in [0.15, 0.2) is 0 Å². The summed E-state index contributed by atoms with van der Waals surface area (Å²) in [6, 6.07) is 4.15. The lowest BCUT2D eigenvalue weighted by Crippen LogP contribution is -2.29. The molecule has 1 aliphatic rings. The van der Waals surface area contributed by atoms with E-state index in [4.69, 9.17) is 0 Å². The molecule has 1 aliphatic heterocycles. The van der Waals surface area contributed by atoms with Crippen LogP contribution >= 0.6 is 0 Å². The molecule has 4 nitrogen and oxygen atoms in total. The Hall–Kier alpha value is -0.910. The minimum absolute atomic E-state index is 0.372. The van der Waals surface area contributed by atoms with E-state index in [2.05, 4.69) is 16.9 Å². The van der Waals surface area contributed by atoms with Crippen molar-refractivity contribution in [3.63, 3.8) is 0 Å². The van der Waals surface area contributed by atoms with Crippen LogP contribution in [0.2, 0.25) is 0 Å². The zero-order valence-corrected chi connectivity index (χ0v) is 11.3. The van der Waals surface area contributed by atoms with Gasteiger partial charge in [-0.1, -0.05) is 17.7 Å². The summed E-state index contributed by atoms with van der Waals surface area (Å²) in [5, 5.41) is 0. The second-order valence-corrected chi connectivity index (χ2v) is 6.36. The molecule has 0 aromatic heterocycles. The van der Waals surface area contributed by atoms with Gasteiger partial charge >= 0.3 is 0 Å². The summed E-state index contributed by atoms with van der Waals surface area (Å²) in [4.78, 5) is 0. The van der Waals surface area contributed by atoms with Crippen LogP contribution in [0.1, 0.15) is 22.3 Å². The van der Waals surface area contributed by atoms with E-state index < -0.39 is 10.2 Å². The summed E-state index contributed by atoms with van der Waals surface area (Å²) in [6.45, 7) is 7.73. The summed E-state index contributed by atoms with van der Waals surface area (Å²) < 4.78 is 27.4. The van der Waals surface area contributed by atoms with E-state index in [1.807, 2.05) is 20.8 Å². The van der Waals surface area contributed by atoms with Gasteiger partial charge in [-0.2, -0.15) is 17.4 Å². The molecule has 0 radical (unpaired) electrons. The van der Waals surface area contributed by atoms with Crippen LogP contribution in [0.25, 0.3) is 0 Å². The predicted octanol–water partition coefficient (Wildman–Crippen LogP) is 1.26. The summed E-state index contributed by atoms with van der Waals surface area (Å²) in [5.41, 5.74) is 4.55. The smallest absolute Gasteiger partial charge is 0.198 e. The molecule has 0 aliphatic carbocycles. The van der Waals surface area contributed by atoms with Crippen molar-refractivity contribution < 1.29 is 8.42 Å². The van der Waals surface area contributed by atoms with Crippen molar-refractivity contribution in [2.75, 3.05) is 13.1 Å². The van der Waals surface area contributed by atoms with Crippen molar-refractivity contribution in [3.05, 3.63) is 34.4 Å². The Labute approximate surface area is 103 Å². The van der Waals surface area contributed by atoms with Gasteiger partial charge < -0.3 is 0 Å². The molecule has 0 saturated carbocycles. The molecule has 1 saturated heterocycles. The third-order valence-electron chi connectivity index (χ3n) is 3.02. The van der Waals surface area contributed by atoms with E-state index in [0.29, 0.717) is 19.6 Å². The molecule has 2 rings (SSSR count). The number of rotatable bonds is 4. The molecule has 1 aromatic carbocycles. The quantitative estimate of drug-likeness (QED) is 0.822. The molecule has 5 heteroatoms. The SMILES string of the molecule is Cc1cc(C)c(CNS(=O)(=O)N2CC2)c(C)c1. The fourth-order valence-corrected chi connectivity index (χ4v) is 3.10. The number of hydrogen-bond donors (Lipinski definition) is 1. The Kier molecular flexibility index (Phi) is 3.25. The first-order chi connectivity index (χ1) is 7.90. The summed E-state index contributed by atoms with van der Waals surface area (Å²) >= 11 is 0. The van der Waals surface area contributed by atoms with Gasteiger partial charge in [0, 0.05) is 19.6 Å². The van der Waals surface area contributed by atoms with Crippen LogP contribution in [0.3, 0.4) is 0 Å². The van der Waals surface area contributed by atoms with Crippen LogP contribution in [-0.2, 0) is 16.8 Å². The largest absolute Gasteiger partial charge is 0.279 e. The third kappa shape index (κ3) is 2.86. The molecule has 94 valence electrons. The zero-order chi connectivity index (χ0) is 12.6. The van der Waals surface area contributed by atoms with Crippen LogP contribution in [0.15, 0.2) is 12.1 Å². The molecule has 1 aromatic rings. The van der Waals surface area contributed by atoms with E-state index in [9.17, 15) is 8.42 Å². The van der Waals surface area contributed by atoms with Gasteiger partial charge in [0.05, 0.1) is 0 Å². The first-order valence-corrected chi connectivity index (χ1v) is 7.15. The highest BCUT2D eigenvalue weighted by atomic mass is 32.2. The van der Waals surface area contributed by atoms with Crippen LogP contribution in [-0.4, -0.2) is 25.8 Å². The summed E-state index contributed by atoms with van der Waals surface area (Å²) in [5.74, 6) is 0. The molecule has 0 unspecified atom stereocenters. The number of nitrogens with zero attached hydrogens (tertiary/aromatic N) is 1. The first-order valence-electron chi connectivity index (χ1n) is 5.71. The van der Waals surface area contributed by atoms with Crippen molar-refractivity contribution in [2.45, 2.75) is 27.3 Å². The molecule has 0 spiro atoms. The maximum Gasteiger partial charge on any atom is 0.279 e. The van der Waals surface area contributed by atoms with Gasteiger partial charge in [-0.15, -0.1) is 0 Å². The van der Waals surface area contributed by atoms with Crippen LogP contribution < -0.4 is 4.72 Å². The molecule has 0 bridgehead atoms. The first kappa shape index (κ1) is 12.5. The van der Waals surface area contributed by atoms with Crippen molar-refractivity contribution in [3.8, 4) is 0 Å². The summed E-state index contributed by atoms with van der Waals surface area (Å²) in [6.07, 6.45) is 0. The van der Waals surface area contributed by atoms with Gasteiger partial charge in [-0.3, -0.25) is 0 Å². The highest BCUT2D eigenvalue weighted by Crippen LogP contribution is 2.17. The van der Waals surface area contributed by atoms with Crippen LogP contribution in [0.5, 0.6) is 0 Å². The number of nitrogens with one attached hydrogen (secondary N) is 1. The van der Waals surface area contributed by atoms with Crippen molar-refractivity contribution in [1.82, 2.24) is 9.03 Å². The lowest BCUT2D eigenvalue weighted by Gasteiger charge is -2.12. The maximum absolute atomic E-state index is 11.7. The third-order valence-corrected chi connectivity index (χ3v) is 4.57. The summed E-state index contributed by atoms with van der Waals surface area (Å²) in [7, 11) is -3.25. The fraction of sp³-hybridized carbons (Fsp3) is 0.500. The van der Waals surface area contributed by atoms with E-state index in [-0.39, 0.29) is 0 Å². The Balaban J connectivity index is 2.14. The Morgan fingerprint density at radius 2 is 1.71 bits per heavy atom. The van der Waals surface area contributed by atoms with E-state index >= 15 is 0 Å². The maximum atomic E-state index is 11.7. The second-order valence-electron chi connectivity index (χ2n) is 4.60. The Morgan fingerprint density at radius 1 is 1.18 bits per heavy atom. The Morgan fingerprint density at radius 3 is 2.18 bits per heavy atom. The number of benzene rings is 1. The van der Waals surface area contributed by atoms with Gasteiger partial charge in [-0.25, -0.2) is 0 Å². The molecule has 0 atom stereocenters. The normalized spacial score (nSPS) is 16.2. The molecular weight excluding hydrogens is 236 g/mol. The van der Waals surface area contributed by atoms with Crippen molar-refractivity contribution in [2.24, 2.45) is 0 Å². The molecule has 17 heavy (non-hydrogen) atoms. The second kappa shape index (κ2) is 4.40. The zero-order valence-electron chi connectivity index (χ0n) is 10.4. The van der Waals surface area contributed by atoms with Crippen molar-refractivity contribution in [1.29, 1.82) is 0 Å². The highest BCUT2D eigenvalue weighted by molar-refractivity contribution is 7.87. The van der Waals surface area contributed by atoms with E-state index in [1.54, 1.807) is 0 Å². The van der Waals surface area contributed by atoms with E-state index in [1.165, 1.54) is 9.87 Å². The van der Waals surface area contributed by atoms with Gasteiger partial charge in [-0.05, 0) is 37.5 Å². The standard InChI is InChI=1S/C12H18N2O2S/c1-9-6-10(2)12(11(3)7-9)8-13-17(15,16)14-4-5-14/h6-7,13H,4-5,8H2,1-3H3. The molecule has 0 amide bonds. The number of aryl methyl sites for hydroxylation is 3. The fourth-order valence-electron chi connectivity index (χ4n) is 2.02. The predicted molar refractivity (Wildman–Crippen MR) is 68.0 cm³/mol. The number of hydrogen-bond acceptors (Lipinski definition) is 2. The topological polar surface area (TPSA) is 49.2 Å². The monoisotopic (exact) mass is 254 g/mol. The highest BCUT2D eigenvalue weighted by Gasteiger charge is 2.31. The van der Waals surface area contributed by atoms with Gasteiger partial charge in [0.1, 0.15) is 0 Å². The minimum Gasteiger partial charge on any atom is -0.198 e. The Bertz CT molecular complexity index is 510. The molecular formula is C12H18N2O2S. The lowest BCUT2D eigenvalue weighted by atomic mass is 10.0. The molecule has 1 fully saturated rings. The molecule has 1 heterocycles. The average molecular weight is 254 g/mol. The lowest BCUT2D eigenvalue weighted by molar-refractivity contribution is 0.546. The average Bonchev–Trinajstić information content (AvgIpc) is 2.98. The van der Waals surface area contributed by atoms with Gasteiger partial charge in [0.2, 0.25) is 0 Å². The van der Waals surface area contributed by atoms with Crippen LogP contribution in [0, 0.1) is 20.8 Å². The minimum atomic E-state index is -3.25.